The molecule has 0 unspecified atom stereocenters. The molecule has 1 aliphatic rings. The maximum atomic E-state index is 12.0. The third-order valence-electron chi connectivity index (χ3n) is 3.50. The van der Waals surface area contributed by atoms with Gasteiger partial charge in [0.2, 0.25) is 5.91 Å². The second kappa shape index (κ2) is 6.60. The molecule has 3 heteroatoms. The quantitative estimate of drug-likeness (QED) is 0.882. The summed E-state index contributed by atoms with van der Waals surface area (Å²) in [7, 11) is 0. The van der Waals surface area contributed by atoms with Gasteiger partial charge in [-0.1, -0.05) is 32.0 Å². The van der Waals surface area contributed by atoms with E-state index in [1.807, 2.05) is 6.07 Å². The summed E-state index contributed by atoms with van der Waals surface area (Å²) in [6.07, 6.45) is 3.00. The van der Waals surface area contributed by atoms with E-state index in [9.17, 15) is 4.79 Å². The number of benzene rings is 1. The number of amides is 1. The standard InChI is InChI=1S/C16H24N2O/c1-13(2)12-17-16(19)11-14-7-3-4-8-15(14)18-9-5-6-10-18/h3-4,7-8,13H,5-6,9-12H2,1-2H3,(H,17,19). The molecular formula is C16H24N2O. The van der Waals surface area contributed by atoms with Crippen molar-refractivity contribution < 1.29 is 4.79 Å². The second-order valence-electron chi connectivity index (χ2n) is 5.70. The van der Waals surface area contributed by atoms with Crippen molar-refractivity contribution in [3.8, 4) is 0 Å². The van der Waals surface area contributed by atoms with Crippen LogP contribution in [0.25, 0.3) is 0 Å². The molecule has 0 radical (unpaired) electrons. The molecular weight excluding hydrogens is 236 g/mol. The zero-order valence-corrected chi connectivity index (χ0v) is 12.0. The number of carbonyl (C=O) groups is 1. The topological polar surface area (TPSA) is 32.3 Å². The van der Waals surface area contributed by atoms with Crippen LogP contribution in [0.5, 0.6) is 0 Å². The van der Waals surface area contributed by atoms with Crippen LogP contribution in [0.2, 0.25) is 0 Å². The Morgan fingerprint density at radius 3 is 2.63 bits per heavy atom. The van der Waals surface area contributed by atoms with E-state index in [2.05, 4.69) is 42.3 Å². The lowest BCUT2D eigenvalue weighted by molar-refractivity contribution is -0.120. The van der Waals surface area contributed by atoms with E-state index in [0.29, 0.717) is 12.3 Å². The lowest BCUT2D eigenvalue weighted by Crippen LogP contribution is -2.29. The van der Waals surface area contributed by atoms with Gasteiger partial charge in [0.1, 0.15) is 0 Å². The zero-order chi connectivity index (χ0) is 13.7. The largest absolute Gasteiger partial charge is 0.371 e. The number of nitrogens with zero attached hydrogens (tertiary/aromatic N) is 1. The van der Waals surface area contributed by atoms with E-state index >= 15 is 0 Å². The van der Waals surface area contributed by atoms with Crippen molar-refractivity contribution in [1.29, 1.82) is 0 Å². The van der Waals surface area contributed by atoms with E-state index in [1.165, 1.54) is 18.5 Å². The number of anilines is 1. The van der Waals surface area contributed by atoms with Gasteiger partial charge in [0.25, 0.3) is 0 Å². The van der Waals surface area contributed by atoms with Crippen molar-refractivity contribution in [1.82, 2.24) is 5.32 Å². The molecule has 0 bridgehead atoms. The SMILES string of the molecule is CC(C)CNC(=O)Cc1ccccc1N1CCCC1. The molecule has 1 heterocycles. The van der Waals surface area contributed by atoms with Crippen LogP contribution in [0.3, 0.4) is 0 Å². The first-order valence-electron chi connectivity index (χ1n) is 7.26. The van der Waals surface area contributed by atoms with Gasteiger partial charge in [-0.05, 0) is 30.4 Å². The van der Waals surface area contributed by atoms with E-state index in [4.69, 9.17) is 0 Å². The Kier molecular flexibility index (Phi) is 4.83. The predicted octanol–water partition coefficient (Wildman–Crippen LogP) is 2.60. The van der Waals surface area contributed by atoms with Gasteiger partial charge in [-0.2, -0.15) is 0 Å². The maximum absolute atomic E-state index is 12.0. The Hall–Kier alpha value is -1.51. The highest BCUT2D eigenvalue weighted by Gasteiger charge is 2.16. The fourth-order valence-corrected chi connectivity index (χ4v) is 2.48. The third kappa shape index (κ3) is 3.98. The van der Waals surface area contributed by atoms with Crippen LogP contribution < -0.4 is 10.2 Å². The summed E-state index contributed by atoms with van der Waals surface area (Å²) in [5.41, 5.74) is 2.38. The number of para-hydroxylation sites is 1. The predicted molar refractivity (Wildman–Crippen MR) is 79.4 cm³/mol. The van der Waals surface area contributed by atoms with Crippen LogP contribution in [0.15, 0.2) is 24.3 Å². The minimum Gasteiger partial charge on any atom is -0.371 e. The van der Waals surface area contributed by atoms with Crippen LogP contribution >= 0.6 is 0 Å². The molecule has 19 heavy (non-hydrogen) atoms. The highest BCUT2D eigenvalue weighted by Crippen LogP contribution is 2.24. The van der Waals surface area contributed by atoms with Gasteiger partial charge in [0.15, 0.2) is 0 Å². The van der Waals surface area contributed by atoms with Crippen molar-refractivity contribution in [3.05, 3.63) is 29.8 Å². The van der Waals surface area contributed by atoms with Crippen LogP contribution in [0.4, 0.5) is 5.69 Å². The van der Waals surface area contributed by atoms with E-state index in [-0.39, 0.29) is 5.91 Å². The lowest BCUT2D eigenvalue weighted by Gasteiger charge is -2.21. The molecule has 104 valence electrons. The molecule has 3 nitrogen and oxygen atoms in total. The summed E-state index contributed by atoms with van der Waals surface area (Å²) < 4.78 is 0. The zero-order valence-electron chi connectivity index (χ0n) is 12.0. The van der Waals surface area contributed by atoms with Gasteiger partial charge in [-0.3, -0.25) is 4.79 Å². The van der Waals surface area contributed by atoms with Crippen LogP contribution in [-0.4, -0.2) is 25.5 Å². The molecule has 0 aromatic heterocycles. The Balaban J connectivity index is 2.01. The normalized spacial score (nSPS) is 15.0. The molecule has 1 saturated heterocycles. The third-order valence-corrected chi connectivity index (χ3v) is 3.50. The smallest absolute Gasteiger partial charge is 0.224 e. The summed E-state index contributed by atoms with van der Waals surface area (Å²) in [6.45, 7) is 7.21. The first-order chi connectivity index (χ1) is 9.16. The van der Waals surface area contributed by atoms with Crippen molar-refractivity contribution in [3.63, 3.8) is 0 Å². The number of nitrogens with one attached hydrogen (secondary N) is 1. The molecule has 1 N–H and O–H groups in total. The Morgan fingerprint density at radius 1 is 1.26 bits per heavy atom. The van der Waals surface area contributed by atoms with Crippen LogP contribution in [0.1, 0.15) is 32.3 Å². The summed E-state index contributed by atoms with van der Waals surface area (Å²) in [5.74, 6) is 0.623. The number of rotatable bonds is 5. The average Bonchev–Trinajstić information content (AvgIpc) is 2.91. The second-order valence-corrected chi connectivity index (χ2v) is 5.70. The molecule has 1 aromatic rings. The first kappa shape index (κ1) is 13.9. The van der Waals surface area contributed by atoms with Gasteiger partial charge in [-0.25, -0.2) is 0 Å². The molecule has 2 rings (SSSR count). The molecule has 0 saturated carbocycles. The average molecular weight is 260 g/mol. The first-order valence-corrected chi connectivity index (χ1v) is 7.26. The molecule has 0 atom stereocenters. The van der Waals surface area contributed by atoms with E-state index in [0.717, 1.165) is 25.2 Å². The molecule has 0 aliphatic carbocycles. The van der Waals surface area contributed by atoms with Gasteiger partial charge < -0.3 is 10.2 Å². The highest BCUT2D eigenvalue weighted by atomic mass is 16.1. The van der Waals surface area contributed by atoms with E-state index < -0.39 is 0 Å². The molecule has 1 aliphatic heterocycles. The minimum absolute atomic E-state index is 0.125. The van der Waals surface area contributed by atoms with Gasteiger partial charge in [0, 0.05) is 25.3 Å². The van der Waals surface area contributed by atoms with Crippen molar-refractivity contribution in [2.24, 2.45) is 5.92 Å². The van der Waals surface area contributed by atoms with Crippen LogP contribution in [0, 0.1) is 5.92 Å². The van der Waals surface area contributed by atoms with E-state index in [1.54, 1.807) is 0 Å². The summed E-state index contributed by atoms with van der Waals surface area (Å²) in [5, 5.41) is 2.99. The van der Waals surface area contributed by atoms with Gasteiger partial charge >= 0.3 is 0 Å². The Bertz CT molecular complexity index is 423. The van der Waals surface area contributed by atoms with Crippen molar-refractivity contribution in [2.45, 2.75) is 33.1 Å². The fourth-order valence-electron chi connectivity index (χ4n) is 2.48. The Morgan fingerprint density at radius 2 is 1.95 bits per heavy atom. The van der Waals surface area contributed by atoms with Crippen molar-refractivity contribution in [2.75, 3.05) is 24.5 Å². The molecule has 0 spiro atoms. The highest BCUT2D eigenvalue weighted by molar-refractivity contribution is 5.80. The summed E-state index contributed by atoms with van der Waals surface area (Å²) >= 11 is 0. The maximum Gasteiger partial charge on any atom is 0.224 e. The van der Waals surface area contributed by atoms with Crippen LogP contribution in [-0.2, 0) is 11.2 Å². The number of hydrogen-bond acceptors (Lipinski definition) is 2. The molecule has 1 amide bonds. The fraction of sp³-hybridized carbons (Fsp3) is 0.562. The van der Waals surface area contributed by atoms with Gasteiger partial charge in [-0.15, -0.1) is 0 Å². The molecule has 1 aromatic carbocycles. The minimum atomic E-state index is 0.125. The summed E-state index contributed by atoms with van der Waals surface area (Å²) in [6, 6.07) is 8.28. The molecule has 1 fully saturated rings. The van der Waals surface area contributed by atoms with Gasteiger partial charge in [0.05, 0.1) is 6.42 Å². The lowest BCUT2D eigenvalue weighted by atomic mass is 10.1. The Labute approximate surface area is 116 Å². The number of carbonyl (C=O) groups excluding carboxylic acids is 1. The number of hydrogen-bond donors (Lipinski definition) is 1. The van der Waals surface area contributed by atoms with Crippen molar-refractivity contribution >= 4 is 11.6 Å². The monoisotopic (exact) mass is 260 g/mol. The summed E-state index contributed by atoms with van der Waals surface area (Å²) in [4.78, 5) is 14.3.